The van der Waals surface area contributed by atoms with Crippen LogP contribution in [0.5, 0.6) is 0 Å². The van der Waals surface area contributed by atoms with Crippen molar-refractivity contribution < 1.29 is 27.1 Å². The number of anilines is 1. The maximum atomic E-state index is 13.6. The maximum absolute atomic E-state index is 13.6. The van der Waals surface area contributed by atoms with E-state index in [1.807, 2.05) is 60.7 Å². The normalized spacial score (nSPS) is 11.6. The molecule has 0 bridgehead atoms. The molecule has 0 aliphatic heterocycles. The van der Waals surface area contributed by atoms with Gasteiger partial charge in [-0.05, 0) is 60.7 Å². The molecular formula is C32H28FNO5S. The van der Waals surface area contributed by atoms with Crippen LogP contribution in [-0.4, -0.2) is 32.3 Å². The third kappa shape index (κ3) is 5.77. The number of aromatic carboxylic acids is 1. The molecule has 1 N–H and O–H groups in total. The summed E-state index contributed by atoms with van der Waals surface area (Å²) < 4.78 is 47.2. The number of hydrogen-bond donors (Lipinski definition) is 1. The molecule has 0 aliphatic rings. The molecule has 8 heteroatoms. The highest BCUT2D eigenvalue weighted by atomic mass is 32.2. The van der Waals surface area contributed by atoms with Gasteiger partial charge in [-0.3, -0.25) is 4.31 Å². The number of carbonyl (C=O) groups is 1. The van der Waals surface area contributed by atoms with Gasteiger partial charge in [-0.15, -0.1) is 0 Å². The largest absolute Gasteiger partial charge is 0.478 e. The molecule has 0 unspecified atom stereocenters. The minimum atomic E-state index is -3.71. The SMILES string of the molecule is CS(=O)(=O)N(CCCCc1ccccc1)c1cc2oc(-c3ccc(F)cc3)c(C(=O)O)c2cc1-c1ccccc1. The number of carboxylic acids is 1. The summed E-state index contributed by atoms with van der Waals surface area (Å²) in [5, 5.41) is 10.5. The summed E-state index contributed by atoms with van der Waals surface area (Å²) in [7, 11) is -3.71. The highest BCUT2D eigenvalue weighted by Gasteiger charge is 2.27. The number of unbranched alkanes of at least 4 members (excludes halogenated alkanes) is 1. The summed E-state index contributed by atoms with van der Waals surface area (Å²) in [5.41, 5.74) is 3.44. The first kappa shape index (κ1) is 27.1. The average molecular weight is 558 g/mol. The van der Waals surface area contributed by atoms with Crippen LogP contribution >= 0.6 is 0 Å². The summed E-state index contributed by atoms with van der Waals surface area (Å²) in [6.45, 7) is 0.244. The lowest BCUT2D eigenvalue weighted by Crippen LogP contribution is -2.31. The van der Waals surface area contributed by atoms with Gasteiger partial charge in [0.05, 0.1) is 11.9 Å². The first-order chi connectivity index (χ1) is 19.2. The maximum Gasteiger partial charge on any atom is 0.340 e. The zero-order chi connectivity index (χ0) is 28.3. The van der Waals surface area contributed by atoms with Gasteiger partial charge in [0.1, 0.15) is 22.7 Å². The Balaban J connectivity index is 1.62. The number of sulfonamides is 1. The highest BCUT2D eigenvalue weighted by Crippen LogP contribution is 2.41. The number of nitrogens with zero attached hydrogens (tertiary/aromatic N) is 1. The van der Waals surface area contributed by atoms with Crippen LogP contribution in [0.1, 0.15) is 28.8 Å². The number of aryl methyl sites for hydroxylation is 1. The molecule has 0 spiro atoms. The minimum Gasteiger partial charge on any atom is -0.478 e. The highest BCUT2D eigenvalue weighted by molar-refractivity contribution is 7.92. The molecule has 204 valence electrons. The topological polar surface area (TPSA) is 87.8 Å². The molecule has 0 atom stereocenters. The van der Waals surface area contributed by atoms with Crippen molar-refractivity contribution >= 4 is 32.6 Å². The second kappa shape index (κ2) is 11.4. The van der Waals surface area contributed by atoms with E-state index in [1.54, 1.807) is 12.1 Å². The van der Waals surface area contributed by atoms with Gasteiger partial charge in [0.15, 0.2) is 0 Å². The van der Waals surface area contributed by atoms with E-state index in [0.29, 0.717) is 28.6 Å². The molecule has 0 fully saturated rings. The molecule has 5 rings (SSSR count). The third-order valence-electron chi connectivity index (χ3n) is 6.80. The number of furan rings is 1. The van der Waals surface area contributed by atoms with E-state index in [1.165, 1.54) is 34.1 Å². The number of halogens is 1. The van der Waals surface area contributed by atoms with E-state index in [9.17, 15) is 22.7 Å². The number of carboxylic acid groups (broad SMARTS) is 1. The molecule has 1 heterocycles. The molecule has 4 aromatic carbocycles. The summed E-state index contributed by atoms with van der Waals surface area (Å²) in [6, 6.07) is 27.9. The van der Waals surface area contributed by atoms with Crippen LogP contribution in [0.4, 0.5) is 10.1 Å². The number of hydrogen-bond acceptors (Lipinski definition) is 4. The van der Waals surface area contributed by atoms with Gasteiger partial charge in [-0.25, -0.2) is 17.6 Å². The van der Waals surface area contributed by atoms with E-state index in [-0.39, 0.29) is 23.5 Å². The molecule has 1 aromatic heterocycles. The predicted molar refractivity (Wildman–Crippen MR) is 156 cm³/mol. The van der Waals surface area contributed by atoms with E-state index in [4.69, 9.17) is 4.42 Å². The smallest absolute Gasteiger partial charge is 0.340 e. The van der Waals surface area contributed by atoms with E-state index >= 15 is 0 Å². The molecule has 0 saturated heterocycles. The summed E-state index contributed by atoms with van der Waals surface area (Å²) in [6.07, 6.45) is 3.40. The van der Waals surface area contributed by atoms with Crippen LogP contribution in [0, 0.1) is 5.82 Å². The Hall–Kier alpha value is -4.43. The fourth-order valence-electron chi connectivity index (χ4n) is 4.90. The van der Waals surface area contributed by atoms with Crippen molar-refractivity contribution in [1.29, 1.82) is 0 Å². The van der Waals surface area contributed by atoms with Crippen molar-refractivity contribution in [1.82, 2.24) is 0 Å². The van der Waals surface area contributed by atoms with Gasteiger partial charge >= 0.3 is 5.97 Å². The summed E-state index contributed by atoms with van der Waals surface area (Å²) >= 11 is 0. The number of fused-ring (bicyclic) bond motifs is 1. The molecule has 0 radical (unpaired) electrons. The van der Waals surface area contributed by atoms with E-state index in [0.717, 1.165) is 24.7 Å². The molecule has 6 nitrogen and oxygen atoms in total. The molecule has 40 heavy (non-hydrogen) atoms. The predicted octanol–water partition coefficient (Wildman–Crippen LogP) is 7.39. The quantitative estimate of drug-likeness (QED) is 0.181. The van der Waals surface area contributed by atoms with Gasteiger partial charge in [-0.2, -0.15) is 0 Å². The first-order valence-electron chi connectivity index (χ1n) is 12.9. The van der Waals surface area contributed by atoms with E-state index in [2.05, 4.69) is 0 Å². The van der Waals surface area contributed by atoms with Gasteiger partial charge in [-0.1, -0.05) is 60.7 Å². The molecular weight excluding hydrogens is 529 g/mol. The molecule has 0 aliphatic carbocycles. The molecule has 5 aromatic rings. The van der Waals surface area contributed by atoms with Crippen molar-refractivity contribution in [2.24, 2.45) is 0 Å². The van der Waals surface area contributed by atoms with Crippen LogP contribution in [0.2, 0.25) is 0 Å². The average Bonchev–Trinajstić information content (AvgIpc) is 3.32. The Bertz CT molecular complexity index is 1750. The first-order valence-corrected chi connectivity index (χ1v) is 14.7. The standard InChI is InChI=1S/C32H28FNO5S/c1-40(37,38)34(19-9-8-12-22-10-4-2-5-11-22)28-21-29-27(20-26(28)23-13-6-3-7-14-23)30(32(35)36)31(39-29)24-15-17-25(33)18-16-24/h2-7,10-11,13-18,20-21H,8-9,12,19H2,1H3,(H,35,36). The summed E-state index contributed by atoms with van der Waals surface area (Å²) in [4.78, 5) is 12.4. The zero-order valence-corrected chi connectivity index (χ0v) is 22.7. The van der Waals surface area contributed by atoms with Crippen LogP contribution < -0.4 is 4.31 Å². The van der Waals surface area contributed by atoms with Gasteiger partial charge < -0.3 is 9.52 Å². The fraction of sp³-hybridized carbons (Fsp3) is 0.156. The van der Waals surface area contributed by atoms with Crippen LogP contribution in [0.15, 0.2) is 101 Å². The van der Waals surface area contributed by atoms with Crippen molar-refractivity contribution in [3.8, 4) is 22.5 Å². The van der Waals surface area contributed by atoms with Gasteiger partial charge in [0, 0.05) is 29.1 Å². The lowest BCUT2D eigenvalue weighted by Gasteiger charge is -2.25. The fourth-order valence-corrected chi connectivity index (χ4v) is 5.87. The van der Waals surface area contributed by atoms with Crippen LogP contribution in [0.25, 0.3) is 33.4 Å². The van der Waals surface area contributed by atoms with Gasteiger partial charge in [0.2, 0.25) is 10.0 Å². The van der Waals surface area contributed by atoms with Gasteiger partial charge in [0.25, 0.3) is 0 Å². The Morgan fingerprint density at radius 1 is 0.875 bits per heavy atom. The van der Waals surface area contributed by atoms with Crippen molar-refractivity contribution in [3.63, 3.8) is 0 Å². The van der Waals surface area contributed by atoms with Crippen molar-refractivity contribution in [2.75, 3.05) is 17.1 Å². The lowest BCUT2D eigenvalue weighted by atomic mass is 9.98. The number of benzene rings is 4. The lowest BCUT2D eigenvalue weighted by molar-refractivity contribution is 0.0699. The van der Waals surface area contributed by atoms with Crippen molar-refractivity contribution in [2.45, 2.75) is 19.3 Å². The van der Waals surface area contributed by atoms with Crippen LogP contribution in [0.3, 0.4) is 0 Å². The Labute approximate surface area is 232 Å². The Kier molecular flexibility index (Phi) is 7.71. The zero-order valence-electron chi connectivity index (χ0n) is 21.9. The number of rotatable bonds is 10. The second-order valence-corrected chi connectivity index (χ2v) is 11.5. The second-order valence-electron chi connectivity index (χ2n) is 9.63. The monoisotopic (exact) mass is 557 g/mol. The minimum absolute atomic E-state index is 0.0703. The summed E-state index contributed by atoms with van der Waals surface area (Å²) in [5.74, 6) is -1.58. The Morgan fingerprint density at radius 3 is 2.15 bits per heavy atom. The molecule has 0 saturated carbocycles. The van der Waals surface area contributed by atoms with Crippen molar-refractivity contribution in [3.05, 3.63) is 114 Å². The molecule has 0 amide bonds. The third-order valence-corrected chi connectivity index (χ3v) is 7.98. The van der Waals surface area contributed by atoms with E-state index < -0.39 is 21.8 Å². The Morgan fingerprint density at radius 2 is 1.52 bits per heavy atom. The van der Waals surface area contributed by atoms with Crippen LogP contribution in [-0.2, 0) is 16.4 Å².